The lowest BCUT2D eigenvalue weighted by Gasteiger charge is -2.12. The van der Waals surface area contributed by atoms with E-state index in [1.165, 1.54) is 0 Å². The van der Waals surface area contributed by atoms with Gasteiger partial charge in [0.15, 0.2) is 5.82 Å². The lowest BCUT2D eigenvalue weighted by atomic mass is 10.0. The van der Waals surface area contributed by atoms with Crippen LogP contribution in [0.5, 0.6) is 5.75 Å². The van der Waals surface area contributed by atoms with Gasteiger partial charge in [-0.1, -0.05) is 37.0 Å². The van der Waals surface area contributed by atoms with Crippen LogP contribution in [-0.2, 0) is 0 Å². The first-order chi connectivity index (χ1) is 9.31. The van der Waals surface area contributed by atoms with E-state index in [2.05, 4.69) is 9.97 Å². The summed E-state index contributed by atoms with van der Waals surface area (Å²) in [4.78, 5) is 8.65. The Hall–Kier alpha value is -1.32. The first kappa shape index (κ1) is 15.1. The Morgan fingerprint density at radius 2 is 1.45 bits per heavy atom. The van der Waals surface area contributed by atoms with E-state index in [0.29, 0.717) is 16.1 Å². The minimum Gasteiger partial charge on any atom is -0.507 e. The third-order valence-electron chi connectivity index (χ3n) is 3.18. The predicted octanol–water partition coefficient (Wildman–Crippen LogP) is 4.90. The maximum absolute atomic E-state index is 9.81. The molecule has 20 heavy (non-hydrogen) atoms. The molecule has 5 heteroatoms. The Morgan fingerprint density at radius 3 is 1.85 bits per heavy atom. The lowest BCUT2D eigenvalue weighted by molar-refractivity contribution is 0.467. The smallest absolute Gasteiger partial charge is 0.162 e. The van der Waals surface area contributed by atoms with Crippen LogP contribution >= 0.6 is 23.2 Å². The van der Waals surface area contributed by atoms with Gasteiger partial charge >= 0.3 is 0 Å². The summed E-state index contributed by atoms with van der Waals surface area (Å²) in [7, 11) is 0. The van der Waals surface area contributed by atoms with Crippen molar-refractivity contribution in [1.29, 1.82) is 0 Å². The second-order valence-electron chi connectivity index (χ2n) is 5.16. The maximum atomic E-state index is 9.81. The van der Waals surface area contributed by atoms with Crippen LogP contribution in [-0.4, -0.2) is 15.1 Å². The Morgan fingerprint density at radius 1 is 1.00 bits per heavy atom. The van der Waals surface area contributed by atoms with Gasteiger partial charge in [0, 0.05) is 11.1 Å². The summed E-state index contributed by atoms with van der Waals surface area (Å²) in [5, 5.41) is 10.6. The molecule has 0 unspecified atom stereocenters. The number of nitrogens with zero attached hydrogens (tertiary/aromatic N) is 2. The topological polar surface area (TPSA) is 46.0 Å². The highest BCUT2D eigenvalue weighted by Crippen LogP contribution is 2.33. The molecule has 0 radical (unpaired) electrons. The second-order valence-corrected chi connectivity index (χ2v) is 5.87. The average Bonchev–Trinajstić information content (AvgIpc) is 2.33. The van der Waals surface area contributed by atoms with Gasteiger partial charge in [0.05, 0.1) is 0 Å². The first-order valence-electron chi connectivity index (χ1n) is 6.34. The van der Waals surface area contributed by atoms with E-state index in [0.717, 1.165) is 22.3 Å². The summed E-state index contributed by atoms with van der Waals surface area (Å²) in [6.45, 7) is 7.64. The molecular formula is C15H16Cl2N2O. The van der Waals surface area contributed by atoms with Crippen molar-refractivity contribution >= 4 is 23.2 Å². The molecule has 0 saturated carbocycles. The standard InChI is InChI=1S/C15H16Cl2N2O/c1-7(2)11-13(16)18-15(19-14(11)17)10-5-8(3)12(20)9(4)6-10/h5-7,20H,1-4H3. The minimum atomic E-state index is 0.160. The Kier molecular flexibility index (Phi) is 4.21. The summed E-state index contributed by atoms with van der Waals surface area (Å²) in [6, 6.07) is 3.64. The molecule has 2 aromatic rings. The molecule has 0 atom stereocenters. The third-order valence-corrected chi connectivity index (χ3v) is 3.76. The van der Waals surface area contributed by atoms with E-state index < -0.39 is 0 Å². The van der Waals surface area contributed by atoms with Gasteiger partial charge in [-0.15, -0.1) is 0 Å². The minimum absolute atomic E-state index is 0.160. The van der Waals surface area contributed by atoms with Gasteiger partial charge in [0.2, 0.25) is 0 Å². The number of hydrogen-bond donors (Lipinski definition) is 1. The van der Waals surface area contributed by atoms with Crippen molar-refractivity contribution in [2.75, 3.05) is 0 Å². The van der Waals surface area contributed by atoms with Crippen molar-refractivity contribution in [3.8, 4) is 17.1 Å². The fourth-order valence-electron chi connectivity index (χ4n) is 2.11. The fourth-order valence-corrected chi connectivity index (χ4v) is 2.93. The predicted molar refractivity (Wildman–Crippen MR) is 82.7 cm³/mol. The molecule has 1 heterocycles. The van der Waals surface area contributed by atoms with E-state index in [-0.39, 0.29) is 11.7 Å². The number of rotatable bonds is 2. The summed E-state index contributed by atoms with van der Waals surface area (Å²) in [5.41, 5.74) is 3.08. The second kappa shape index (κ2) is 5.58. The van der Waals surface area contributed by atoms with E-state index in [1.807, 2.05) is 39.8 Å². The Balaban J connectivity index is 2.60. The molecule has 0 aliphatic carbocycles. The van der Waals surface area contributed by atoms with Crippen molar-refractivity contribution in [2.24, 2.45) is 0 Å². The highest BCUT2D eigenvalue weighted by atomic mass is 35.5. The zero-order chi connectivity index (χ0) is 15.0. The number of phenols is 1. The van der Waals surface area contributed by atoms with Crippen LogP contribution in [0, 0.1) is 13.8 Å². The van der Waals surface area contributed by atoms with Crippen LogP contribution in [0.25, 0.3) is 11.4 Å². The van der Waals surface area contributed by atoms with Crippen molar-refractivity contribution < 1.29 is 5.11 Å². The van der Waals surface area contributed by atoms with Crippen LogP contribution < -0.4 is 0 Å². The summed E-state index contributed by atoms with van der Waals surface area (Å²) >= 11 is 12.4. The number of halogens is 2. The van der Waals surface area contributed by atoms with Crippen molar-refractivity contribution in [3.05, 3.63) is 39.1 Å². The average molecular weight is 311 g/mol. The molecule has 0 spiro atoms. The van der Waals surface area contributed by atoms with Gasteiger partial charge in [-0.25, -0.2) is 9.97 Å². The maximum Gasteiger partial charge on any atom is 0.162 e. The SMILES string of the molecule is Cc1cc(-c2nc(Cl)c(C(C)C)c(Cl)n2)cc(C)c1O. The van der Waals surface area contributed by atoms with Gasteiger partial charge in [-0.05, 0) is 43.0 Å². The van der Waals surface area contributed by atoms with Gasteiger partial charge in [-0.3, -0.25) is 0 Å². The number of hydrogen-bond acceptors (Lipinski definition) is 3. The van der Waals surface area contributed by atoms with Gasteiger partial charge in [-0.2, -0.15) is 0 Å². The Labute approximate surface area is 128 Å². The van der Waals surface area contributed by atoms with Crippen LogP contribution in [0.15, 0.2) is 12.1 Å². The monoisotopic (exact) mass is 310 g/mol. The van der Waals surface area contributed by atoms with Crippen LogP contribution in [0.3, 0.4) is 0 Å². The summed E-state index contributed by atoms with van der Waals surface area (Å²) in [6.07, 6.45) is 0. The largest absolute Gasteiger partial charge is 0.507 e. The van der Waals surface area contributed by atoms with Crippen LogP contribution in [0.4, 0.5) is 0 Å². The van der Waals surface area contributed by atoms with Crippen molar-refractivity contribution in [2.45, 2.75) is 33.6 Å². The van der Waals surface area contributed by atoms with E-state index in [1.54, 1.807) is 0 Å². The quantitative estimate of drug-likeness (QED) is 0.803. The number of aromatic nitrogens is 2. The molecule has 2 rings (SSSR count). The molecule has 3 nitrogen and oxygen atoms in total. The molecule has 1 aromatic carbocycles. The zero-order valence-corrected chi connectivity index (χ0v) is 13.3. The number of phenolic OH excluding ortho intramolecular Hbond substituents is 1. The highest BCUT2D eigenvalue weighted by Gasteiger charge is 2.16. The molecule has 0 fully saturated rings. The molecule has 0 amide bonds. The van der Waals surface area contributed by atoms with Crippen LogP contribution in [0.2, 0.25) is 10.3 Å². The fraction of sp³-hybridized carbons (Fsp3) is 0.333. The highest BCUT2D eigenvalue weighted by molar-refractivity contribution is 6.34. The van der Waals surface area contributed by atoms with Crippen molar-refractivity contribution in [3.63, 3.8) is 0 Å². The third kappa shape index (κ3) is 2.74. The van der Waals surface area contributed by atoms with Gasteiger partial charge < -0.3 is 5.11 Å². The summed E-state index contributed by atoms with van der Waals surface area (Å²) in [5.74, 6) is 0.910. The molecule has 106 valence electrons. The van der Waals surface area contributed by atoms with E-state index in [9.17, 15) is 5.11 Å². The molecule has 0 aliphatic heterocycles. The molecule has 1 N–H and O–H groups in total. The normalized spacial score (nSPS) is 11.2. The molecule has 1 aromatic heterocycles. The lowest BCUT2D eigenvalue weighted by Crippen LogP contribution is -1.99. The molecule has 0 aliphatic rings. The first-order valence-corrected chi connectivity index (χ1v) is 7.10. The number of aryl methyl sites for hydroxylation is 2. The van der Waals surface area contributed by atoms with Gasteiger partial charge in [0.25, 0.3) is 0 Å². The number of benzene rings is 1. The summed E-state index contributed by atoms with van der Waals surface area (Å²) < 4.78 is 0. The molecule has 0 saturated heterocycles. The van der Waals surface area contributed by atoms with Crippen LogP contribution in [0.1, 0.15) is 36.5 Å². The number of aromatic hydroxyl groups is 1. The molecular weight excluding hydrogens is 295 g/mol. The Bertz CT molecular complexity index is 623. The van der Waals surface area contributed by atoms with E-state index >= 15 is 0 Å². The van der Waals surface area contributed by atoms with E-state index in [4.69, 9.17) is 23.2 Å². The van der Waals surface area contributed by atoms with Crippen molar-refractivity contribution in [1.82, 2.24) is 9.97 Å². The molecule has 0 bridgehead atoms. The zero-order valence-electron chi connectivity index (χ0n) is 11.8. The van der Waals surface area contributed by atoms with Gasteiger partial charge in [0.1, 0.15) is 16.1 Å².